The summed E-state index contributed by atoms with van der Waals surface area (Å²) in [7, 11) is 0. The highest BCUT2D eigenvalue weighted by Gasteiger charge is 2.22. The van der Waals surface area contributed by atoms with Crippen LogP contribution in [-0.4, -0.2) is 46.9 Å². The number of rotatable bonds is 3. The van der Waals surface area contributed by atoms with Crippen molar-refractivity contribution in [2.75, 3.05) is 26.2 Å². The molecule has 1 aliphatic rings. The SMILES string of the molecule is Cc1cc(=O)n(C(=O)CN2CCCC(CO)C2)o1. The molecule has 0 aromatic carbocycles. The minimum atomic E-state index is -0.423. The maximum absolute atomic E-state index is 11.9. The van der Waals surface area contributed by atoms with E-state index in [0.29, 0.717) is 12.3 Å². The monoisotopic (exact) mass is 254 g/mol. The van der Waals surface area contributed by atoms with Crippen molar-refractivity contribution in [3.05, 3.63) is 22.2 Å². The molecular weight excluding hydrogens is 236 g/mol. The van der Waals surface area contributed by atoms with Gasteiger partial charge >= 0.3 is 0 Å². The van der Waals surface area contributed by atoms with E-state index in [0.717, 1.165) is 24.1 Å². The van der Waals surface area contributed by atoms with E-state index in [1.807, 2.05) is 4.90 Å². The molecule has 0 spiro atoms. The van der Waals surface area contributed by atoms with Crippen LogP contribution in [0.3, 0.4) is 0 Å². The summed E-state index contributed by atoms with van der Waals surface area (Å²) in [5, 5.41) is 9.12. The van der Waals surface area contributed by atoms with Gasteiger partial charge in [-0.1, -0.05) is 0 Å². The van der Waals surface area contributed by atoms with Gasteiger partial charge in [0.05, 0.1) is 6.54 Å². The van der Waals surface area contributed by atoms with Crippen molar-refractivity contribution in [3.8, 4) is 0 Å². The van der Waals surface area contributed by atoms with Crippen LogP contribution < -0.4 is 5.56 Å². The van der Waals surface area contributed by atoms with Gasteiger partial charge in [0, 0.05) is 19.2 Å². The first kappa shape index (κ1) is 13.0. The molecule has 6 nitrogen and oxygen atoms in total. The number of likely N-dealkylation sites (tertiary alicyclic amines) is 1. The number of piperidine rings is 1. The third-order valence-corrected chi connectivity index (χ3v) is 3.21. The van der Waals surface area contributed by atoms with E-state index in [1.54, 1.807) is 6.92 Å². The van der Waals surface area contributed by atoms with Crippen LogP contribution in [0.4, 0.5) is 0 Å². The average Bonchev–Trinajstić information content (AvgIpc) is 2.69. The zero-order valence-electron chi connectivity index (χ0n) is 10.5. The Kier molecular flexibility index (Phi) is 3.98. The van der Waals surface area contributed by atoms with Crippen LogP contribution in [0.2, 0.25) is 0 Å². The summed E-state index contributed by atoms with van der Waals surface area (Å²) < 4.78 is 5.85. The van der Waals surface area contributed by atoms with Gasteiger partial charge in [-0.25, -0.2) is 0 Å². The molecule has 100 valence electrons. The van der Waals surface area contributed by atoms with Gasteiger partial charge in [-0.3, -0.25) is 14.5 Å². The van der Waals surface area contributed by atoms with E-state index in [-0.39, 0.29) is 25.0 Å². The lowest BCUT2D eigenvalue weighted by Gasteiger charge is -2.30. The minimum Gasteiger partial charge on any atom is -0.396 e. The van der Waals surface area contributed by atoms with Crippen LogP contribution in [0.25, 0.3) is 0 Å². The molecule has 2 rings (SSSR count). The first-order chi connectivity index (χ1) is 8.60. The molecule has 0 amide bonds. The Balaban J connectivity index is 1.99. The Morgan fingerprint density at radius 3 is 3.00 bits per heavy atom. The summed E-state index contributed by atoms with van der Waals surface area (Å²) in [6.07, 6.45) is 1.95. The molecule has 1 aromatic heterocycles. The fourth-order valence-corrected chi connectivity index (χ4v) is 2.32. The predicted octanol–water partition coefficient (Wildman–Crippen LogP) is 0.0942. The lowest BCUT2D eigenvalue weighted by Crippen LogP contribution is -2.42. The van der Waals surface area contributed by atoms with E-state index >= 15 is 0 Å². The maximum atomic E-state index is 11.9. The van der Waals surface area contributed by atoms with Crippen molar-refractivity contribution in [1.29, 1.82) is 0 Å². The number of hydrogen-bond donors (Lipinski definition) is 1. The van der Waals surface area contributed by atoms with Crippen LogP contribution in [0.1, 0.15) is 23.4 Å². The lowest BCUT2D eigenvalue weighted by molar-refractivity contribution is 0.0639. The van der Waals surface area contributed by atoms with Crippen molar-refractivity contribution >= 4 is 5.91 Å². The summed E-state index contributed by atoms with van der Waals surface area (Å²) in [4.78, 5) is 25.3. The number of nitrogens with zero attached hydrogens (tertiary/aromatic N) is 2. The van der Waals surface area contributed by atoms with Gasteiger partial charge in [0.2, 0.25) is 0 Å². The van der Waals surface area contributed by atoms with Gasteiger partial charge in [0.15, 0.2) is 0 Å². The zero-order chi connectivity index (χ0) is 13.1. The maximum Gasteiger partial charge on any atom is 0.290 e. The van der Waals surface area contributed by atoms with E-state index in [4.69, 9.17) is 9.63 Å². The zero-order valence-corrected chi connectivity index (χ0v) is 10.5. The average molecular weight is 254 g/mol. The van der Waals surface area contributed by atoms with Gasteiger partial charge in [-0.05, 0) is 32.2 Å². The van der Waals surface area contributed by atoms with E-state index in [9.17, 15) is 9.59 Å². The summed E-state index contributed by atoms with van der Waals surface area (Å²) >= 11 is 0. The van der Waals surface area contributed by atoms with Crippen molar-refractivity contribution in [3.63, 3.8) is 0 Å². The molecule has 0 saturated carbocycles. The quantitative estimate of drug-likeness (QED) is 0.827. The fourth-order valence-electron chi connectivity index (χ4n) is 2.32. The second-order valence-electron chi connectivity index (χ2n) is 4.80. The Labute approximate surface area is 105 Å². The molecule has 18 heavy (non-hydrogen) atoms. The summed E-state index contributed by atoms with van der Waals surface area (Å²) in [6.45, 7) is 3.44. The fraction of sp³-hybridized carbons (Fsp3) is 0.667. The summed E-state index contributed by atoms with van der Waals surface area (Å²) in [5.41, 5.74) is -0.423. The van der Waals surface area contributed by atoms with Gasteiger partial charge in [0.25, 0.3) is 11.5 Å². The van der Waals surface area contributed by atoms with E-state index < -0.39 is 5.56 Å². The molecule has 1 saturated heterocycles. The smallest absolute Gasteiger partial charge is 0.290 e. The summed E-state index contributed by atoms with van der Waals surface area (Å²) in [6, 6.07) is 1.30. The van der Waals surface area contributed by atoms with Crippen molar-refractivity contribution in [2.24, 2.45) is 5.92 Å². The van der Waals surface area contributed by atoms with Crippen LogP contribution >= 0.6 is 0 Å². The standard InChI is InChI=1S/C12H18N2O4/c1-9-5-11(16)14(18-9)12(17)7-13-4-2-3-10(6-13)8-15/h5,10,15H,2-4,6-8H2,1H3. The number of carbonyl (C=O) groups is 1. The molecule has 1 aliphatic heterocycles. The van der Waals surface area contributed by atoms with Crippen molar-refractivity contribution in [1.82, 2.24) is 9.64 Å². The molecule has 1 atom stereocenters. The topological polar surface area (TPSA) is 75.7 Å². The second-order valence-corrected chi connectivity index (χ2v) is 4.80. The van der Waals surface area contributed by atoms with Crippen LogP contribution in [-0.2, 0) is 0 Å². The van der Waals surface area contributed by atoms with Gasteiger partial charge in [-0.2, -0.15) is 0 Å². The van der Waals surface area contributed by atoms with Crippen LogP contribution in [0.5, 0.6) is 0 Å². The highest BCUT2D eigenvalue weighted by Crippen LogP contribution is 2.15. The lowest BCUT2D eigenvalue weighted by atomic mass is 9.99. The minimum absolute atomic E-state index is 0.143. The molecule has 1 unspecified atom stereocenters. The number of aliphatic hydroxyl groups is 1. The van der Waals surface area contributed by atoms with Crippen LogP contribution in [0.15, 0.2) is 15.4 Å². The molecule has 6 heteroatoms. The van der Waals surface area contributed by atoms with Crippen molar-refractivity contribution < 1.29 is 14.4 Å². The number of aliphatic hydroxyl groups excluding tert-OH is 1. The Bertz CT molecular complexity index is 477. The van der Waals surface area contributed by atoms with E-state index in [1.165, 1.54) is 6.07 Å². The number of hydrogen-bond acceptors (Lipinski definition) is 5. The molecule has 0 aliphatic carbocycles. The Morgan fingerprint density at radius 2 is 2.39 bits per heavy atom. The summed E-state index contributed by atoms with van der Waals surface area (Å²) in [5.74, 6) is 0.300. The normalized spacial score (nSPS) is 21.1. The highest BCUT2D eigenvalue weighted by molar-refractivity contribution is 5.79. The van der Waals surface area contributed by atoms with Gasteiger partial charge in [-0.15, -0.1) is 4.74 Å². The Morgan fingerprint density at radius 1 is 1.61 bits per heavy atom. The molecular formula is C12H18N2O4. The largest absolute Gasteiger partial charge is 0.396 e. The molecule has 0 bridgehead atoms. The van der Waals surface area contributed by atoms with E-state index in [2.05, 4.69) is 0 Å². The van der Waals surface area contributed by atoms with Gasteiger partial charge < -0.3 is 9.63 Å². The predicted molar refractivity (Wildman–Crippen MR) is 64.6 cm³/mol. The molecule has 1 N–H and O–H groups in total. The first-order valence-electron chi connectivity index (χ1n) is 6.16. The van der Waals surface area contributed by atoms with Gasteiger partial charge in [0.1, 0.15) is 5.76 Å². The third kappa shape index (κ3) is 2.88. The molecule has 0 radical (unpaired) electrons. The Hall–Kier alpha value is -1.40. The number of aromatic nitrogens is 1. The number of carbonyl (C=O) groups excluding carboxylic acids is 1. The molecule has 1 aromatic rings. The van der Waals surface area contributed by atoms with Crippen LogP contribution in [0, 0.1) is 12.8 Å². The van der Waals surface area contributed by atoms with Crippen molar-refractivity contribution in [2.45, 2.75) is 19.8 Å². The first-order valence-corrected chi connectivity index (χ1v) is 6.16. The second kappa shape index (κ2) is 5.49. The number of aryl methyl sites for hydroxylation is 1. The molecule has 1 fully saturated rings. The highest BCUT2D eigenvalue weighted by atomic mass is 16.5. The third-order valence-electron chi connectivity index (χ3n) is 3.21. The molecule has 2 heterocycles.